The van der Waals surface area contributed by atoms with Gasteiger partial charge in [0.15, 0.2) is 11.0 Å². The summed E-state index contributed by atoms with van der Waals surface area (Å²) in [4.78, 5) is 11.6. The lowest BCUT2D eigenvalue weighted by Gasteiger charge is -2.32. The average Bonchev–Trinajstić information content (AvgIpc) is 2.80. The monoisotopic (exact) mass is 415 g/mol. The number of nitrogens with one attached hydrogen (secondary N) is 1. The summed E-state index contributed by atoms with van der Waals surface area (Å²) in [6, 6.07) is 20.5. The Morgan fingerprint density at radius 2 is 1.73 bits per heavy atom. The van der Waals surface area contributed by atoms with E-state index in [0.717, 1.165) is 30.3 Å². The summed E-state index contributed by atoms with van der Waals surface area (Å²) in [5, 5.41) is 13.8. The van der Waals surface area contributed by atoms with Gasteiger partial charge in [-0.15, -0.1) is 0 Å². The number of thioether (sulfide) groups is 1. The minimum atomic E-state index is 0.452. The van der Waals surface area contributed by atoms with Gasteiger partial charge in [-0.2, -0.15) is 5.26 Å². The second kappa shape index (κ2) is 9.19. The molecule has 30 heavy (non-hydrogen) atoms. The van der Waals surface area contributed by atoms with Crippen LogP contribution in [0.4, 0.5) is 17.2 Å². The molecular formula is C24H25N5S. The number of hydrogen-bond acceptors (Lipinski definition) is 6. The lowest BCUT2D eigenvalue weighted by atomic mass is 9.99. The molecule has 1 saturated heterocycles. The zero-order valence-electron chi connectivity index (χ0n) is 17.3. The van der Waals surface area contributed by atoms with E-state index in [1.54, 1.807) is 0 Å². The van der Waals surface area contributed by atoms with E-state index in [1.165, 1.54) is 30.3 Å². The van der Waals surface area contributed by atoms with Crippen LogP contribution in [0.3, 0.4) is 0 Å². The molecule has 1 aliphatic heterocycles. The van der Waals surface area contributed by atoms with E-state index in [-0.39, 0.29) is 0 Å². The lowest BCUT2D eigenvalue weighted by molar-refractivity contribution is 0.438. The molecule has 152 valence electrons. The van der Waals surface area contributed by atoms with Crippen LogP contribution in [0, 0.1) is 17.2 Å². The SMILES string of the molecule is CSc1nc(Nc2ccc(N3CCC(C)CC3)cc2)c(C#N)c(-c2ccccc2)n1. The topological polar surface area (TPSA) is 64.8 Å². The van der Waals surface area contributed by atoms with Crippen molar-refractivity contribution >= 4 is 29.0 Å². The van der Waals surface area contributed by atoms with Gasteiger partial charge in [-0.3, -0.25) is 0 Å². The molecule has 1 aliphatic rings. The third-order valence-corrected chi connectivity index (χ3v) is 6.06. The van der Waals surface area contributed by atoms with Crippen molar-refractivity contribution in [3.63, 3.8) is 0 Å². The number of hydrogen-bond donors (Lipinski definition) is 1. The number of nitriles is 1. The third kappa shape index (κ3) is 4.42. The van der Waals surface area contributed by atoms with Gasteiger partial charge in [0, 0.05) is 30.0 Å². The first-order valence-electron chi connectivity index (χ1n) is 10.2. The van der Waals surface area contributed by atoms with Crippen molar-refractivity contribution in [3.8, 4) is 17.3 Å². The standard InChI is InChI=1S/C24H25N5S/c1-17-12-14-29(15-13-17)20-10-8-19(9-11-20)26-23-21(16-25)22(27-24(28-23)30-2)18-6-4-3-5-7-18/h3-11,17H,12-15H2,1-2H3,(H,26,27,28). The summed E-state index contributed by atoms with van der Waals surface area (Å²) in [6.07, 6.45) is 4.42. The molecule has 6 heteroatoms. The van der Waals surface area contributed by atoms with Crippen molar-refractivity contribution in [1.29, 1.82) is 5.26 Å². The van der Waals surface area contributed by atoms with Gasteiger partial charge in [-0.1, -0.05) is 49.0 Å². The maximum absolute atomic E-state index is 9.85. The molecule has 0 saturated carbocycles. The molecule has 0 radical (unpaired) electrons. The number of piperidine rings is 1. The number of benzene rings is 2. The summed E-state index contributed by atoms with van der Waals surface area (Å²) in [6.45, 7) is 4.54. The molecule has 0 spiro atoms. The molecule has 1 fully saturated rings. The molecule has 0 unspecified atom stereocenters. The normalized spacial score (nSPS) is 14.4. The molecule has 4 rings (SSSR count). The van der Waals surface area contributed by atoms with Gasteiger partial charge in [0.05, 0.1) is 5.69 Å². The predicted molar refractivity (Wildman–Crippen MR) is 124 cm³/mol. The van der Waals surface area contributed by atoms with Gasteiger partial charge in [-0.25, -0.2) is 9.97 Å². The molecule has 0 atom stereocenters. The number of nitrogens with zero attached hydrogens (tertiary/aromatic N) is 4. The molecule has 2 aromatic carbocycles. The Morgan fingerprint density at radius 1 is 1.03 bits per heavy atom. The predicted octanol–water partition coefficient (Wildman–Crippen LogP) is 5.72. The summed E-state index contributed by atoms with van der Waals surface area (Å²) in [5.74, 6) is 1.35. The van der Waals surface area contributed by atoms with Crippen molar-refractivity contribution in [3.05, 3.63) is 60.2 Å². The molecule has 1 N–H and O–H groups in total. The molecule has 3 aromatic rings. The Morgan fingerprint density at radius 3 is 2.37 bits per heavy atom. The first-order chi connectivity index (χ1) is 14.7. The van der Waals surface area contributed by atoms with Crippen LogP contribution >= 0.6 is 11.8 Å². The Kier molecular flexibility index (Phi) is 6.20. The molecule has 0 amide bonds. The van der Waals surface area contributed by atoms with Crippen LogP contribution < -0.4 is 10.2 Å². The van der Waals surface area contributed by atoms with Crippen molar-refractivity contribution in [2.75, 3.05) is 29.6 Å². The number of anilines is 3. The Bertz CT molecular complexity index is 1040. The second-order valence-corrected chi connectivity index (χ2v) is 8.38. The van der Waals surface area contributed by atoms with E-state index in [0.29, 0.717) is 22.2 Å². The highest BCUT2D eigenvalue weighted by molar-refractivity contribution is 7.98. The van der Waals surface area contributed by atoms with E-state index in [9.17, 15) is 5.26 Å². The first-order valence-corrected chi connectivity index (χ1v) is 11.4. The zero-order chi connectivity index (χ0) is 20.9. The summed E-state index contributed by atoms with van der Waals surface area (Å²) in [7, 11) is 0. The molecule has 2 heterocycles. The van der Waals surface area contributed by atoms with Crippen molar-refractivity contribution in [2.45, 2.75) is 24.9 Å². The maximum Gasteiger partial charge on any atom is 0.189 e. The third-order valence-electron chi connectivity index (χ3n) is 5.51. The van der Waals surface area contributed by atoms with E-state index in [2.05, 4.69) is 57.4 Å². The summed E-state index contributed by atoms with van der Waals surface area (Å²) < 4.78 is 0. The van der Waals surface area contributed by atoms with E-state index >= 15 is 0 Å². The van der Waals surface area contributed by atoms with Gasteiger partial charge in [0.1, 0.15) is 11.6 Å². The number of aromatic nitrogens is 2. The van der Waals surface area contributed by atoms with E-state index in [4.69, 9.17) is 0 Å². The fourth-order valence-corrected chi connectivity index (χ4v) is 4.06. The molecule has 1 aromatic heterocycles. The maximum atomic E-state index is 9.85. The van der Waals surface area contributed by atoms with Crippen LogP contribution in [0.25, 0.3) is 11.3 Å². The first kappa shape index (κ1) is 20.2. The highest BCUT2D eigenvalue weighted by atomic mass is 32.2. The molecular weight excluding hydrogens is 390 g/mol. The smallest absolute Gasteiger partial charge is 0.189 e. The number of rotatable bonds is 5. The van der Waals surface area contributed by atoms with Crippen LogP contribution in [-0.2, 0) is 0 Å². The fourth-order valence-electron chi connectivity index (χ4n) is 3.69. The fraction of sp³-hybridized carbons (Fsp3) is 0.292. The van der Waals surface area contributed by atoms with E-state index in [1.807, 2.05) is 36.6 Å². The second-order valence-electron chi connectivity index (χ2n) is 7.60. The van der Waals surface area contributed by atoms with Crippen LogP contribution in [0.15, 0.2) is 59.8 Å². The minimum absolute atomic E-state index is 0.452. The highest BCUT2D eigenvalue weighted by Crippen LogP contribution is 2.31. The van der Waals surface area contributed by atoms with Gasteiger partial charge in [0.25, 0.3) is 0 Å². The lowest BCUT2D eigenvalue weighted by Crippen LogP contribution is -2.32. The van der Waals surface area contributed by atoms with Crippen LogP contribution in [0.5, 0.6) is 0 Å². The van der Waals surface area contributed by atoms with Gasteiger partial charge < -0.3 is 10.2 Å². The van der Waals surface area contributed by atoms with Crippen LogP contribution in [0.2, 0.25) is 0 Å². The Balaban J connectivity index is 1.62. The summed E-state index contributed by atoms with van der Waals surface area (Å²) in [5.41, 5.74) is 4.16. The van der Waals surface area contributed by atoms with Crippen LogP contribution in [-0.4, -0.2) is 29.3 Å². The molecule has 0 bridgehead atoms. The zero-order valence-corrected chi connectivity index (χ0v) is 18.1. The van der Waals surface area contributed by atoms with Gasteiger partial charge >= 0.3 is 0 Å². The quantitative estimate of drug-likeness (QED) is 0.425. The largest absolute Gasteiger partial charge is 0.372 e. The van der Waals surface area contributed by atoms with Gasteiger partial charge in [-0.05, 0) is 49.3 Å². The highest BCUT2D eigenvalue weighted by Gasteiger charge is 2.18. The average molecular weight is 416 g/mol. The minimum Gasteiger partial charge on any atom is -0.372 e. The van der Waals surface area contributed by atoms with Crippen molar-refractivity contribution in [1.82, 2.24) is 9.97 Å². The molecule has 0 aliphatic carbocycles. The van der Waals surface area contributed by atoms with Gasteiger partial charge in [0.2, 0.25) is 0 Å². The van der Waals surface area contributed by atoms with Crippen molar-refractivity contribution in [2.24, 2.45) is 5.92 Å². The van der Waals surface area contributed by atoms with E-state index < -0.39 is 0 Å². The molecule has 5 nitrogen and oxygen atoms in total. The Labute approximate surface area is 182 Å². The summed E-state index contributed by atoms with van der Waals surface area (Å²) >= 11 is 1.46. The van der Waals surface area contributed by atoms with Crippen molar-refractivity contribution < 1.29 is 0 Å². The Hall–Kier alpha value is -3.04. The van der Waals surface area contributed by atoms with Crippen LogP contribution in [0.1, 0.15) is 25.3 Å².